The van der Waals surface area contributed by atoms with Crippen molar-refractivity contribution >= 4 is 46.0 Å². The summed E-state index contributed by atoms with van der Waals surface area (Å²) < 4.78 is 0. The van der Waals surface area contributed by atoms with Crippen LogP contribution in [0.4, 0.5) is 0 Å². The summed E-state index contributed by atoms with van der Waals surface area (Å²) in [6.45, 7) is 0. The Kier molecular flexibility index (Phi) is 6.06. The molecule has 0 unspecified atom stereocenters. The number of halogens is 1. The highest BCUT2D eigenvalue weighted by molar-refractivity contribution is 8.00. The molecule has 5 nitrogen and oxygen atoms in total. The number of benzene rings is 2. The van der Waals surface area contributed by atoms with Crippen LogP contribution in [0.1, 0.15) is 31.2 Å². The summed E-state index contributed by atoms with van der Waals surface area (Å²) in [6, 6.07) is 15.1. The molecule has 3 aromatic rings. The Hall–Kier alpha value is -2.44. The van der Waals surface area contributed by atoms with E-state index in [-0.39, 0.29) is 17.4 Å². The second-order valence-electron chi connectivity index (χ2n) is 7.41. The number of likely N-dealkylation sites (N-methyl/N-ethyl adjacent to an activating group) is 1. The molecule has 1 atom stereocenters. The third-order valence-corrected chi connectivity index (χ3v) is 7.08. The fourth-order valence-corrected chi connectivity index (χ4v) is 5.36. The zero-order valence-electron chi connectivity index (χ0n) is 16.7. The van der Waals surface area contributed by atoms with Crippen LogP contribution < -0.4 is 0 Å². The number of ketones is 1. The molecular weight excluding hydrogens is 418 g/mol. The molecule has 0 saturated heterocycles. The molecule has 1 aromatic heterocycles. The molecule has 0 bridgehead atoms. The average molecular weight is 440 g/mol. The number of fused-ring (bicyclic) bond motifs is 1. The van der Waals surface area contributed by atoms with Gasteiger partial charge in [0.05, 0.1) is 11.3 Å². The summed E-state index contributed by atoms with van der Waals surface area (Å²) in [5, 5.41) is 2.18. The number of rotatable bonds is 5. The van der Waals surface area contributed by atoms with Crippen molar-refractivity contribution < 1.29 is 9.59 Å². The third-order valence-electron chi connectivity index (χ3n) is 5.76. The van der Waals surface area contributed by atoms with Crippen LogP contribution in [0.15, 0.2) is 59.9 Å². The maximum Gasteiger partial charge on any atom is 0.233 e. The van der Waals surface area contributed by atoms with Gasteiger partial charge >= 0.3 is 0 Å². The molecule has 30 heavy (non-hydrogen) atoms. The lowest BCUT2D eigenvalue weighted by Crippen LogP contribution is -2.54. The van der Waals surface area contributed by atoms with E-state index in [1.807, 2.05) is 42.5 Å². The molecule has 0 spiro atoms. The Bertz CT molecular complexity index is 1100. The van der Waals surface area contributed by atoms with Crippen LogP contribution in [0.2, 0.25) is 5.02 Å². The molecule has 0 N–H and O–H groups in total. The molecule has 2 aromatic carbocycles. The first kappa shape index (κ1) is 20.8. The van der Waals surface area contributed by atoms with Crippen LogP contribution in [0.3, 0.4) is 0 Å². The standard InChI is InChI=1S/C23H22ClN3O2S/c1-27(21(29)14-30-22-16-8-2-5-11-19(16)25-15-26-22)23(13-7-6-12-20(23)28)17-9-3-4-10-18(17)24/h2-5,8-11,15H,6-7,12-14H2,1H3/t23-/m0/s1. The van der Waals surface area contributed by atoms with E-state index < -0.39 is 5.54 Å². The van der Waals surface area contributed by atoms with Crippen LogP contribution in [-0.4, -0.2) is 39.4 Å². The number of para-hydroxylation sites is 1. The van der Waals surface area contributed by atoms with E-state index >= 15 is 0 Å². The second-order valence-corrected chi connectivity index (χ2v) is 8.78. The smallest absolute Gasteiger partial charge is 0.233 e. The van der Waals surface area contributed by atoms with E-state index in [4.69, 9.17) is 11.6 Å². The Labute approximate surface area is 184 Å². The summed E-state index contributed by atoms with van der Waals surface area (Å²) in [7, 11) is 1.72. The molecule has 1 fully saturated rings. The van der Waals surface area contributed by atoms with Gasteiger partial charge in [0.1, 0.15) is 16.9 Å². The predicted molar refractivity (Wildman–Crippen MR) is 120 cm³/mol. The van der Waals surface area contributed by atoms with Gasteiger partial charge < -0.3 is 4.90 Å². The number of aromatic nitrogens is 2. The van der Waals surface area contributed by atoms with Gasteiger partial charge in [-0.05, 0) is 31.4 Å². The first-order valence-corrected chi connectivity index (χ1v) is 11.3. The van der Waals surface area contributed by atoms with E-state index in [0.29, 0.717) is 23.4 Å². The molecule has 1 amide bonds. The van der Waals surface area contributed by atoms with Gasteiger partial charge in [0.15, 0.2) is 5.78 Å². The van der Waals surface area contributed by atoms with Crippen molar-refractivity contribution in [3.05, 3.63) is 65.4 Å². The molecule has 0 aliphatic heterocycles. The summed E-state index contributed by atoms with van der Waals surface area (Å²) in [6.07, 6.45) is 4.26. The molecule has 1 saturated carbocycles. The topological polar surface area (TPSA) is 63.2 Å². The Morgan fingerprint density at radius 3 is 2.70 bits per heavy atom. The molecule has 1 aliphatic carbocycles. The number of hydrogen-bond donors (Lipinski definition) is 0. The highest BCUT2D eigenvalue weighted by atomic mass is 35.5. The zero-order valence-corrected chi connectivity index (χ0v) is 18.2. The largest absolute Gasteiger partial charge is 0.328 e. The fraction of sp³-hybridized carbons (Fsp3) is 0.304. The maximum atomic E-state index is 13.3. The van der Waals surface area contributed by atoms with Gasteiger partial charge in [-0.25, -0.2) is 9.97 Å². The van der Waals surface area contributed by atoms with Crippen LogP contribution in [0.5, 0.6) is 0 Å². The molecule has 1 aliphatic rings. The molecule has 0 radical (unpaired) electrons. The van der Waals surface area contributed by atoms with Gasteiger partial charge in [0.25, 0.3) is 0 Å². The van der Waals surface area contributed by atoms with Gasteiger partial charge in [0, 0.05) is 29.4 Å². The van der Waals surface area contributed by atoms with Crippen molar-refractivity contribution in [1.29, 1.82) is 0 Å². The van der Waals surface area contributed by atoms with Crippen molar-refractivity contribution in [3.63, 3.8) is 0 Å². The molecule has 1 heterocycles. The van der Waals surface area contributed by atoms with Crippen LogP contribution in [-0.2, 0) is 15.1 Å². The minimum absolute atomic E-state index is 0.0511. The first-order chi connectivity index (χ1) is 14.5. The highest BCUT2D eigenvalue weighted by Crippen LogP contribution is 2.42. The van der Waals surface area contributed by atoms with E-state index in [1.54, 1.807) is 18.0 Å². The van der Waals surface area contributed by atoms with Crippen LogP contribution >= 0.6 is 23.4 Å². The summed E-state index contributed by atoms with van der Waals surface area (Å²) in [5.41, 5.74) is 0.539. The van der Waals surface area contributed by atoms with Gasteiger partial charge in [-0.2, -0.15) is 0 Å². The lowest BCUT2D eigenvalue weighted by Gasteiger charge is -2.44. The minimum Gasteiger partial charge on any atom is -0.328 e. The summed E-state index contributed by atoms with van der Waals surface area (Å²) >= 11 is 7.85. The summed E-state index contributed by atoms with van der Waals surface area (Å²) in [4.78, 5) is 36.7. The third kappa shape index (κ3) is 3.70. The van der Waals surface area contributed by atoms with Crippen molar-refractivity contribution in [2.45, 2.75) is 36.2 Å². The fourth-order valence-electron chi connectivity index (χ4n) is 4.16. The lowest BCUT2D eigenvalue weighted by atomic mass is 9.74. The lowest BCUT2D eigenvalue weighted by molar-refractivity contribution is -0.146. The van der Waals surface area contributed by atoms with Crippen LogP contribution in [0, 0.1) is 0 Å². The predicted octanol–water partition coefficient (Wildman–Crippen LogP) is 4.87. The Morgan fingerprint density at radius 2 is 1.90 bits per heavy atom. The Balaban J connectivity index is 1.62. The minimum atomic E-state index is -1.01. The van der Waals surface area contributed by atoms with E-state index in [1.165, 1.54) is 18.1 Å². The number of Topliss-reactive ketones (excluding diaryl/α,β-unsaturated/α-hetero) is 1. The van der Waals surface area contributed by atoms with Crippen molar-refractivity contribution in [3.8, 4) is 0 Å². The van der Waals surface area contributed by atoms with E-state index in [0.717, 1.165) is 28.8 Å². The number of hydrogen-bond acceptors (Lipinski definition) is 5. The number of thioether (sulfide) groups is 1. The SMILES string of the molecule is CN(C(=O)CSc1ncnc2ccccc12)[C@]1(c2ccccc2Cl)CCCCC1=O. The number of carbonyl (C=O) groups is 2. The van der Waals surface area contributed by atoms with Gasteiger partial charge in [0.2, 0.25) is 5.91 Å². The zero-order chi connectivity index (χ0) is 21.1. The average Bonchev–Trinajstić information content (AvgIpc) is 2.78. The molecule has 7 heteroatoms. The molecule has 4 rings (SSSR count). The normalized spacial score (nSPS) is 19.1. The van der Waals surface area contributed by atoms with Crippen LogP contribution in [0.25, 0.3) is 10.9 Å². The Morgan fingerprint density at radius 1 is 1.13 bits per heavy atom. The monoisotopic (exact) mass is 439 g/mol. The van der Waals surface area contributed by atoms with Crippen molar-refractivity contribution in [1.82, 2.24) is 14.9 Å². The molecule has 154 valence electrons. The van der Waals surface area contributed by atoms with Gasteiger partial charge in [-0.3, -0.25) is 9.59 Å². The molecular formula is C23H22ClN3O2S. The van der Waals surface area contributed by atoms with Crippen molar-refractivity contribution in [2.24, 2.45) is 0 Å². The first-order valence-electron chi connectivity index (χ1n) is 9.91. The number of carbonyl (C=O) groups excluding carboxylic acids is 2. The maximum absolute atomic E-state index is 13.3. The van der Waals surface area contributed by atoms with E-state index in [9.17, 15) is 9.59 Å². The summed E-state index contributed by atoms with van der Waals surface area (Å²) in [5.74, 6) is 0.102. The number of amides is 1. The van der Waals surface area contributed by atoms with E-state index in [2.05, 4.69) is 9.97 Å². The van der Waals surface area contributed by atoms with Gasteiger partial charge in [-0.1, -0.05) is 59.8 Å². The van der Waals surface area contributed by atoms with Crippen molar-refractivity contribution in [2.75, 3.05) is 12.8 Å². The quantitative estimate of drug-likeness (QED) is 0.419. The second kappa shape index (κ2) is 8.74. The van der Waals surface area contributed by atoms with Gasteiger partial charge in [-0.15, -0.1) is 0 Å². The number of nitrogens with zero attached hydrogens (tertiary/aromatic N) is 3. The highest BCUT2D eigenvalue weighted by Gasteiger charge is 2.47.